The average Bonchev–Trinajstić information content (AvgIpc) is 2.90. The number of hydrogen-bond acceptors (Lipinski definition) is 2. The number of halogens is 1. The quantitative estimate of drug-likeness (QED) is 0.736. The zero-order chi connectivity index (χ0) is 16.5. The molecular formula is C21H14FNO. The third kappa shape index (κ3) is 2.40. The Balaban J connectivity index is 1.87. The third-order valence-corrected chi connectivity index (χ3v) is 4.09. The van der Waals surface area contributed by atoms with E-state index in [1.165, 1.54) is 12.1 Å². The maximum absolute atomic E-state index is 13.1. The van der Waals surface area contributed by atoms with Crippen molar-refractivity contribution in [3.8, 4) is 0 Å². The van der Waals surface area contributed by atoms with Crippen LogP contribution < -0.4 is 5.32 Å². The Morgan fingerprint density at radius 3 is 2.04 bits per heavy atom. The van der Waals surface area contributed by atoms with Crippen LogP contribution in [0.1, 0.15) is 21.5 Å². The molecule has 2 nitrogen and oxygen atoms in total. The van der Waals surface area contributed by atoms with E-state index < -0.39 is 0 Å². The summed E-state index contributed by atoms with van der Waals surface area (Å²) in [6, 6.07) is 23.2. The van der Waals surface area contributed by atoms with Gasteiger partial charge in [0.15, 0.2) is 5.78 Å². The molecule has 1 aliphatic carbocycles. The number of carbonyl (C=O) groups excluding carboxylic acids is 1. The maximum atomic E-state index is 13.1. The Kier molecular flexibility index (Phi) is 3.47. The van der Waals surface area contributed by atoms with Crippen molar-refractivity contribution in [2.24, 2.45) is 0 Å². The zero-order valence-electron chi connectivity index (χ0n) is 12.8. The van der Waals surface area contributed by atoms with Gasteiger partial charge in [0.1, 0.15) is 5.82 Å². The molecule has 3 heteroatoms. The summed E-state index contributed by atoms with van der Waals surface area (Å²) in [5, 5.41) is 3.30. The van der Waals surface area contributed by atoms with E-state index in [2.05, 4.69) is 5.32 Å². The normalized spacial score (nSPS) is 13.1. The van der Waals surface area contributed by atoms with E-state index in [9.17, 15) is 9.18 Å². The van der Waals surface area contributed by atoms with Crippen LogP contribution in [0.15, 0.2) is 78.9 Å². The van der Waals surface area contributed by atoms with Gasteiger partial charge in [0.2, 0.25) is 0 Å². The number of ketones is 1. The van der Waals surface area contributed by atoms with Crippen LogP contribution in [0.4, 0.5) is 10.1 Å². The van der Waals surface area contributed by atoms with Crippen LogP contribution in [-0.4, -0.2) is 5.78 Å². The fraction of sp³-hybridized carbons (Fsp3) is 0. The van der Waals surface area contributed by atoms with Crippen LogP contribution in [0.3, 0.4) is 0 Å². The van der Waals surface area contributed by atoms with Crippen molar-refractivity contribution >= 4 is 22.7 Å². The van der Waals surface area contributed by atoms with Crippen molar-refractivity contribution in [2.75, 3.05) is 5.32 Å². The molecule has 0 atom stereocenters. The summed E-state index contributed by atoms with van der Waals surface area (Å²) in [5.74, 6) is -0.290. The summed E-state index contributed by atoms with van der Waals surface area (Å²) in [4.78, 5) is 12.9. The molecule has 0 amide bonds. The lowest BCUT2D eigenvalue weighted by molar-refractivity contribution is 0.105. The largest absolute Gasteiger partial charge is 0.354 e. The van der Waals surface area contributed by atoms with Gasteiger partial charge >= 0.3 is 0 Å². The van der Waals surface area contributed by atoms with Crippen molar-refractivity contribution in [3.05, 3.63) is 101 Å². The van der Waals surface area contributed by atoms with E-state index in [0.717, 1.165) is 22.5 Å². The van der Waals surface area contributed by atoms with Gasteiger partial charge in [0, 0.05) is 16.8 Å². The molecule has 0 saturated heterocycles. The van der Waals surface area contributed by atoms with E-state index in [1.54, 1.807) is 12.1 Å². The van der Waals surface area contributed by atoms with E-state index in [0.29, 0.717) is 11.1 Å². The number of benzene rings is 3. The van der Waals surface area contributed by atoms with Crippen molar-refractivity contribution in [1.82, 2.24) is 0 Å². The van der Waals surface area contributed by atoms with Gasteiger partial charge in [-0.25, -0.2) is 4.39 Å². The number of carbonyl (C=O) groups is 1. The van der Waals surface area contributed by atoms with Gasteiger partial charge < -0.3 is 5.32 Å². The van der Waals surface area contributed by atoms with Crippen molar-refractivity contribution in [2.45, 2.75) is 0 Å². The fourth-order valence-corrected chi connectivity index (χ4v) is 2.97. The second kappa shape index (κ2) is 5.78. The fourth-order valence-electron chi connectivity index (χ4n) is 2.97. The van der Waals surface area contributed by atoms with Crippen LogP contribution >= 0.6 is 0 Å². The van der Waals surface area contributed by atoms with Crippen LogP contribution in [0.2, 0.25) is 0 Å². The Morgan fingerprint density at radius 2 is 1.33 bits per heavy atom. The van der Waals surface area contributed by atoms with Gasteiger partial charge in [-0.05, 0) is 29.8 Å². The van der Waals surface area contributed by atoms with Crippen molar-refractivity contribution in [1.29, 1.82) is 0 Å². The summed E-state index contributed by atoms with van der Waals surface area (Å²) in [5.41, 5.74) is 4.55. The number of anilines is 1. The first-order valence-corrected chi connectivity index (χ1v) is 7.70. The van der Waals surface area contributed by atoms with Crippen LogP contribution in [0.25, 0.3) is 11.3 Å². The highest BCUT2D eigenvalue weighted by molar-refractivity contribution is 6.40. The van der Waals surface area contributed by atoms with E-state index in [1.807, 2.05) is 54.6 Å². The molecule has 0 unspecified atom stereocenters. The monoisotopic (exact) mass is 315 g/mol. The molecule has 3 aromatic rings. The number of nitrogens with one attached hydrogen (secondary N) is 1. The second-order valence-electron chi connectivity index (χ2n) is 5.62. The highest BCUT2D eigenvalue weighted by atomic mass is 19.1. The van der Waals surface area contributed by atoms with Gasteiger partial charge in [-0.3, -0.25) is 4.79 Å². The summed E-state index contributed by atoms with van der Waals surface area (Å²) < 4.78 is 13.1. The molecule has 1 aliphatic rings. The molecule has 0 saturated carbocycles. The summed E-state index contributed by atoms with van der Waals surface area (Å²) in [7, 11) is 0. The first-order chi connectivity index (χ1) is 11.7. The Morgan fingerprint density at radius 1 is 0.708 bits per heavy atom. The minimum Gasteiger partial charge on any atom is -0.354 e. The molecule has 0 aliphatic heterocycles. The van der Waals surface area contributed by atoms with E-state index in [-0.39, 0.29) is 11.6 Å². The number of allylic oxidation sites excluding steroid dienone is 1. The topological polar surface area (TPSA) is 29.1 Å². The molecule has 1 N–H and O–H groups in total. The SMILES string of the molecule is O=C1C(c2ccccc2)=C(Nc2ccc(F)cc2)c2ccccc21. The van der Waals surface area contributed by atoms with Crippen molar-refractivity contribution < 1.29 is 9.18 Å². The Labute approximate surface area is 139 Å². The van der Waals surface area contributed by atoms with Gasteiger partial charge in [-0.15, -0.1) is 0 Å². The molecular weight excluding hydrogens is 301 g/mol. The predicted octanol–water partition coefficient (Wildman–Crippen LogP) is 5.00. The zero-order valence-corrected chi connectivity index (χ0v) is 12.8. The van der Waals surface area contributed by atoms with Gasteiger partial charge in [0.25, 0.3) is 0 Å². The number of Topliss-reactive ketones (excluding diaryl/α,β-unsaturated/α-hetero) is 1. The van der Waals surface area contributed by atoms with E-state index >= 15 is 0 Å². The highest BCUT2D eigenvalue weighted by Crippen LogP contribution is 2.38. The smallest absolute Gasteiger partial charge is 0.196 e. The van der Waals surface area contributed by atoms with Crippen LogP contribution in [-0.2, 0) is 0 Å². The lowest BCUT2D eigenvalue weighted by atomic mass is 10.0. The molecule has 0 fully saturated rings. The van der Waals surface area contributed by atoms with E-state index in [4.69, 9.17) is 0 Å². The Hall–Kier alpha value is -3.20. The molecule has 116 valence electrons. The number of fused-ring (bicyclic) bond motifs is 1. The third-order valence-electron chi connectivity index (χ3n) is 4.09. The molecule has 0 spiro atoms. The minimum absolute atomic E-state index is 0.00131. The molecule has 0 aromatic heterocycles. The molecule has 0 heterocycles. The average molecular weight is 315 g/mol. The van der Waals surface area contributed by atoms with Crippen LogP contribution in [0.5, 0.6) is 0 Å². The number of hydrogen-bond donors (Lipinski definition) is 1. The first-order valence-electron chi connectivity index (χ1n) is 7.70. The maximum Gasteiger partial charge on any atom is 0.196 e. The lowest BCUT2D eigenvalue weighted by Gasteiger charge is -2.11. The first kappa shape index (κ1) is 14.4. The number of rotatable bonds is 3. The molecule has 0 radical (unpaired) electrons. The predicted molar refractivity (Wildman–Crippen MR) is 94.1 cm³/mol. The minimum atomic E-state index is -0.291. The molecule has 0 bridgehead atoms. The summed E-state index contributed by atoms with van der Waals surface area (Å²) in [6.07, 6.45) is 0. The van der Waals surface area contributed by atoms with Gasteiger partial charge in [-0.2, -0.15) is 0 Å². The van der Waals surface area contributed by atoms with Crippen LogP contribution in [0, 0.1) is 5.82 Å². The van der Waals surface area contributed by atoms with Gasteiger partial charge in [-0.1, -0.05) is 54.6 Å². The highest BCUT2D eigenvalue weighted by Gasteiger charge is 2.30. The second-order valence-corrected chi connectivity index (χ2v) is 5.62. The lowest BCUT2D eigenvalue weighted by Crippen LogP contribution is -2.01. The summed E-state index contributed by atoms with van der Waals surface area (Å²) in [6.45, 7) is 0. The standard InChI is InChI=1S/C21H14FNO/c22-15-10-12-16(13-11-15)23-20-17-8-4-5-9-18(17)21(24)19(20)14-6-2-1-3-7-14/h1-13,23H. The van der Waals surface area contributed by atoms with Gasteiger partial charge in [0.05, 0.1) is 11.3 Å². The van der Waals surface area contributed by atoms with Crippen molar-refractivity contribution in [3.63, 3.8) is 0 Å². The summed E-state index contributed by atoms with van der Waals surface area (Å²) >= 11 is 0. The molecule has 24 heavy (non-hydrogen) atoms. The Bertz CT molecular complexity index is 943. The molecule has 3 aromatic carbocycles. The molecule has 4 rings (SSSR count).